The molecule has 0 aliphatic carbocycles. The number of carbonyl (C=O) groups is 3. The van der Waals surface area contributed by atoms with Crippen LogP contribution < -0.4 is 15.4 Å². The monoisotopic (exact) mass is 571 g/mol. The smallest absolute Gasteiger partial charge is 0.408 e. The van der Waals surface area contributed by atoms with E-state index in [9.17, 15) is 19.5 Å². The number of hydrogen-bond acceptors (Lipinski definition) is 6. The molecule has 2 atom stereocenters. The Labute approximate surface area is 246 Å². The van der Waals surface area contributed by atoms with Crippen LogP contribution in [0.1, 0.15) is 49.1 Å². The molecule has 3 amide bonds. The van der Waals surface area contributed by atoms with Crippen LogP contribution in [-0.2, 0) is 20.7 Å². The number of rotatable bonds is 9. The van der Waals surface area contributed by atoms with E-state index >= 15 is 0 Å². The predicted octanol–water partition coefficient (Wildman–Crippen LogP) is 5.25. The normalized spacial score (nSPS) is 12.3. The van der Waals surface area contributed by atoms with Crippen molar-refractivity contribution in [3.8, 4) is 24.0 Å². The van der Waals surface area contributed by atoms with Gasteiger partial charge in [-0.1, -0.05) is 36.8 Å². The standard InChI is InChI=1S/C33H37N3O6/c1-8-36(31(39)28(35-32(40)42-33(4,5)6)20-23-12-16-25(37)17-13-23)29(27-11-9-10-21(2)22(27)3)30(38)34-24-14-18-26(41-7)19-15-24/h1,9-19,28-29,37H,20H2,2-7H3,(H,34,38)(H,35,40). The number of nitrogens with one attached hydrogen (secondary N) is 2. The second-order valence-electron chi connectivity index (χ2n) is 10.8. The van der Waals surface area contributed by atoms with Crippen LogP contribution in [0, 0.1) is 26.3 Å². The number of methoxy groups -OCH3 is 1. The number of aryl methyl sites for hydroxylation is 1. The number of hydrogen-bond donors (Lipinski definition) is 3. The molecule has 220 valence electrons. The first-order valence-electron chi connectivity index (χ1n) is 13.4. The molecule has 0 heterocycles. The fraction of sp³-hybridized carbons (Fsp3) is 0.303. The van der Waals surface area contributed by atoms with Gasteiger partial charge >= 0.3 is 6.09 Å². The Morgan fingerprint density at radius 2 is 1.64 bits per heavy atom. The Balaban J connectivity index is 2.04. The highest BCUT2D eigenvalue weighted by molar-refractivity contribution is 6.00. The van der Waals surface area contributed by atoms with Crippen LogP contribution in [0.5, 0.6) is 11.5 Å². The van der Waals surface area contributed by atoms with Crippen molar-refractivity contribution in [2.75, 3.05) is 12.4 Å². The lowest BCUT2D eigenvalue weighted by Crippen LogP contribution is -2.51. The minimum absolute atomic E-state index is 0.0240. The number of amides is 3. The molecule has 9 nitrogen and oxygen atoms in total. The van der Waals surface area contributed by atoms with Gasteiger partial charge in [-0.3, -0.25) is 14.5 Å². The molecule has 3 rings (SSSR count). The van der Waals surface area contributed by atoms with E-state index in [2.05, 4.69) is 16.7 Å². The molecule has 3 aromatic carbocycles. The molecule has 0 saturated heterocycles. The maximum atomic E-state index is 14.2. The van der Waals surface area contributed by atoms with Gasteiger partial charge in [-0.25, -0.2) is 4.79 Å². The Hall–Kier alpha value is -4.97. The number of phenolic OH excluding ortho intramolecular Hbond substituents is 1. The minimum Gasteiger partial charge on any atom is -0.508 e. The summed E-state index contributed by atoms with van der Waals surface area (Å²) in [6.07, 6.45) is 5.14. The number of carbonyl (C=O) groups excluding carboxylic acids is 3. The van der Waals surface area contributed by atoms with Gasteiger partial charge in [0.2, 0.25) is 0 Å². The topological polar surface area (TPSA) is 117 Å². The Bertz CT molecular complexity index is 1450. The third-order valence-corrected chi connectivity index (χ3v) is 6.55. The van der Waals surface area contributed by atoms with E-state index in [-0.39, 0.29) is 12.2 Å². The van der Waals surface area contributed by atoms with Crippen LogP contribution >= 0.6 is 0 Å². The van der Waals surface area contributed by atoms with Gasteiger partial charge in [0.05, 0.1) is 7.11 Å². The molecule has 0 bridgehead atoms. The average molecular weight is 572 g/mol. The van der Waals surface area contributed by atoms with Gasteiger partial charge in [0.25, 0.3) is 11.8 Å². The first-order valence-corrected chi connectivity index (χ1v) is 13.4. The second-order valence-corrected chi connectivity index (χ2v) is 10.8. The summed E-state index contributed by atoms with van der Waals surface area (Å²) < 4.78 is 10.6. The van der Waals surface area contributed by atoms with Crippen LogP contribution in [-0.4, -0.2) is 46.7 Å². The number of terminal acetylenes is 1. The summed E-state index contributed by atoms with van der Waals surface area (Å²) in [5.41, 5.74) is 2.54. The lowest BCUT2D eigenvalue weighted by atomic mass is 9.94. The van der Waals surface area contributed by atoms with E-state index in [1.165, 1.54) is 12.1 Å². The van der Waals surface area contributed by atoms with Gasteiger partial charge in [0, 0.05) is 18.2 Å². The van der Waals surface area contributed by atoms with E-state index in [1.54, 1.807) is 76.4 Å². The number of phenols is 1. The zero-order chi connectivity index (χ0) is 31.0. The van der Waals surface area contributed by atoms with Gasteiger partial charge in [0.15, 0.2) is 0 Å². The largest absolute Gasteiger partial charge is 0.508 e. The fourth-order valence-electron chi connectivity index (χ4n) is 4.30. The number of aromatic hydroxyl groups is 1. The first kappa shape index (κ1) is 31.6. The molecule has 0 fully saturated rings. The quantitative estimate of drug-likeness (QED) is 0.239. The fourth-order valence-corrected chi connectivity index (χ4v) is 4.30. The van der Waals surface area contributed by atoms with Crippen molar-refractivity contribution in [2.24, 2.45) is 0 Å². The lowest BCUT2D eigenvalue weighted by Gasteiger charge is -2.31. The first-order chi connectivity index (χ1) is 19.8. The van der Waals surface area contributed by atoms with Crippen molar-refractivity contribution < 1.29 is 29.0 Å². The van der Waals surface area contributed by atoms with Crippen molar-refractivity contribution >= 4 is 23.6 Å². The van der Waals surface area contributed by atoms with Gasteiger partial charge in [0.1, 0.15) is 29.2 Å². The van der Waals surface area contributed by atoms with Gasteiger partial charge < -0.3 is 25.2 Å². The summed E-state index contributed by atoms with van der Waals surface area (Å²) in [6, 6.07) is 18.4. The summed E-state index contributed by atoms with van der Waals surface area (Å²) in [6.45, 7) is 8.87. The van der Waals surface area contributed by atoms with Crippen LogP contribution in [0.3, 0.4) is 0 Å². The molecular formula is C33H37N3O6. The van der Waals surface area contributed by atoms with E-state index < -0.39 is 35.6 Å². The molecule has 2 unspecified atom stereocenters. The third kappa shape index (κ3) is 8.27. The average Bonchev–Trinajstić information content (AvgIpc) is 2.93. The van der Waals surface area contributed by atoms with Crippen molar-refractivity contribution in [1.29, 1.82) is 0 Å². The number of ether oxygens (including phenoxy) is 2. The highest BCUT2D eigenvalue weighted by Crippen LogP contribution is 2.29. The molecule has 0 spiro atoms. The zero-order valence-corrected chi connectivity index (χ0v) is 24.7. The van der Waals surface area contributed by atoms with Gasteiger partial charge in [-0.05, 0) is 93.3 Å². The van der Waals surface area contributed by atoms with E-state index in [0.717, 1.165) is 16.0 Å². The van der Waals surface area contributed by atoms with Crippen molar-refractivity contribution in [3.05, 3.63) is 89.0 Å². The zero-order valence-electron chi connectivity index (χ0n) is 24.7. The summed E-state index contributed by atoms with van der Waals surface area (Å²) >= 11 is 0. The maximum absolute atomic E-state index is 14.2. The summed E-state index contributed by atoms with van der Waals surface area (Å²) in [5.74, 6) is -0.560. The molecule has 3 N–H and O–H groups in total. The van der Waals surface area contributed by atoms with Gasteiger partial charge in [-0.2, -0.15) is 0 Å². The highest BCUT2D eigenvalue weighted by Gasteiger charge is 2.37. The SMILES string of the molecule is C#CN(C(=O)C(Cc1ccc(O)cc1)NC(=O)OC(C)(C)C)C(C(=O)Nc1ccc(OC)cc1)c1cccc(C)c1C. The lowest BCUT2D eigenvalue weighted by molar-refractivity contribution is -0.136. The van der Waals surface area contributed by atoms with E-state index in [1.807, 2.05) is 19.9 Å². The van der Waals surface area contributed by atoms with E-state index in [0.29, 0.717) is 22.6 Å². The summed E-state index contributed by atoms with van der Waals surface area (Å²) in [4.78, 5) is 41.9. The maximum Gasteiger partial charge on any atom is 0.408 e. The number of anilines is 1. The molecule has 0 aliphatic rings. The molecule has 0 radical (unpaired) electrons. The van der Waals surface area contributed by atoms with Crippen molar-refractivity contribution in [1.82, 2.24) is 10.2 Å². The van der Waals surface area contributed by atoms with Crippen molar-refractivity contribution in [2.45, 2.75) is 58.7 Å². The number of nitrogens with zero attached hydrogens (tertiary/aromatic N) is 1. The van der Waals surface area contributed by atoms with Gasteiger partial charge in [-0.15, -0.1) is 0 Å². The van der Waals surface area contributed by atoms with Crippen LogP contribution in [0.4, 0.5) is 10.5 Å². The molecule has 9 heteroatoms. The summed E-state index contributed by atoms with van der Waals surface area (Å²) in [7, 11) is 1.54. The van der Waals surface area contributed by atoms with Crippen LogP contribution in [0.15, 0.2) is 66.7 Å². The number of benzene rings is 3. The molecule has 42 heavy (non-hydrogen) atoms. The molecular weight excluding hydrogens is 534 g/mol. The molecule has 0 aromatic heterocycles. The third-order valence-electron chi connectivity index (χ3n) is 6.55. The Morgan fingerprint density at radius 3 is 2.21 bits per heavy atom. The van der Waals surface area contributed by atoms with Crippen molar-refractivity contribution in [3.63, 3.8) is 0 Å². The Kier molecular flexibility index (Phi) is 10.2. The molecule has 3 aromatic rings. The Morgan fingerprint density at radius 1 is 1.00 bits per heavy atom. The molecule has 0 aliphatic heterocycles. The highest BCUT2D eigenvalue weighted by atomic mass is 16.6. The van der Waals surface area contributed by atoms with Crippen LogP contribution in [0.25, 0.3) is 0 Å². The van der Waals surface area contributed by atoms with E-state index in [4.69, 9.17) is 15.9 Å². The second kappa shape index (κ2) is 13.6. The molecule has 0 saturated carbocycles. The minimum atomic E-state index is -1.23. The summed E-state index contributed by atoms with van der Waals surface area (Å²) in [5, 5.41) is 15.2. The number of alkyl carbamates (subject to hydrolysis) is 1. The predicted molar refractivity (Wildman–Crippen MR) is 161 cm³/mol. The van der Waals surface area contributed by atoms with Crippen LogP contribution in [0.2, 0.25) is 0 Å².